The van der Waals surface area contributed by atoms with Gasteiger partial charge in [-0.1, -0.05) is 0 Å². The van der Waals surface area contributed by atoms with Gasteiger partial charge >= 0.3 is 0 Å². The van der Waals surface area contributed by atoms with Crippen LogP contribution in [0.25, 0.3) is 11.4 Å². The fourth-order valence-electron chi connectivity index (χ4n) is 2.79. The summed E-state index contributed by atoms with van der Waals surface area (Å²) in [5, 5.41) is 0.523. The molecule has 2 aromatic heterocycles. The number of hydrogen-bond donors (Lipinski definition) is 0. The van der Waals surface area contributed by atoms with Gasteiger partial charge in [0.05, 0.1) is 35.8 Å². The van der Waals surface area contributed by atoms with Crippen LogP contribution in [-0.2, 0) is 17.2 Å². The van der Waals surface area contributed by atoms with E-state index in [-0.39, 0.29) is 0 Å². The first kappa shape index (κ1) is 14.5. The third-order valence-corrected chi connectivity index (χ3v) is 4.90. The van der Waals surface area contributed by atoms with Gasteiger partial charge in [-0.3, -0.25) is 4.21 Å². The van der Waals surface area contributed by atoms with E-state index in [1.165, 1.54) is 6.33 Å². The van der Waals surface area contributed by atoms with Crippen LogP contribution in [0.2, 0.25) is 0 Å². The lowest BCUT2D eigenvalue weighted by molar-refractivity contribution is 0.344. The second-order valence-electron chi connectivity index (χ2n) is 5.61. The first-order valence-electron chi connectivity index (χ1n) is 7.45. The van der Waals surface area contributed by atoms with Crippen LogP contribution in [0.3, 0.4) is 0 Å². The van der Waals surface area contributed by atoms with E-state index in [0.29, 0.717) is 47.1 Å². The van der Waals surface area contributed by atoms with Gasteiger partial charge in [0.15, 0.2) is 5.82 Å². The molecule has 23 heavy (non-hydrogen) atoms. The molecule has 0 radical (unpaired) electrons. The molecular weight excluding hydrogens is 316 g/mol. The number of ether oxygens (including phenoxy) is 2. The molecule has 1 aliphatic carbocycles. The number of fused-ring (bicyclic) bond motifs is 1. The van der Waals surface area contributed by atoms with Crippen LogP contribution in [0.4, 0.5) is 0 Å². The predicted molar refractivity (Wildman–Crippen MR) is 83.1 cm³/mol. The van der Waals surface area contributed by atoms with Crippen molar-refractivity contribution in [1.29, 1.82) is 0 Å². The molecular formula is C15H16N4O3S. The minimum absolute atomic E-state index is 0.384. The highest BCUT2D eigenvalue weighted by atomic mass is 32.2. The Kier molecular flexibility index (Phi) is 3.48. The zero-order valence-corrected chi connectivity index (χ0v) is 13.7. The van der Waals surface area contributed by atoms with Gasteiger partial charge in [0.1, 0.15) is 16.9 Å². The van der Waals surface area contributed by atoms with Crippen molar-refractivity contribution >= 4 is 10.8 Å². The Hall–Kier alpha value is -2.09. The van der Waals surface area contributed by atoms with Crippen molar-refractivity contribution in [3.05, 3.63) is 17.6 Å². The third kappa shape index (κ3) is 2.46. The quantitative estimate of drug-likeness (QED) is 0.784. The molecule has 1 fully saturated rings. The van der Waals surface area contributed by atoms with Gasteiger partial charge in [0.25, 0.3) is 0 Å². The van der Waals surface area contributed by atoms with Crippen LogP contribution in [0.1, 0.15) is 30.0 Å². The largest absolute Gasteiger partial charge is 0.480 e. The van der Waals surface area contributed by atoms with Crippen molar-refractivity contribution in [2.75, 3.05) is 20.0 Å². The first-order chi connectivity index (χ1) is 11.2. The molecule has 7 nitrogen and oxygen atoms in total. The Morgan fingerprint density at radius 2 is 2.13 bits per heavy atom. The van der Waals surface area contributed by atoms with E-state index in [1.54, 1.807) is 13.4 Å². The van der Waals surface area contributed by atoms with Crippen LogP contribution in [-0.4, -0.2) is 44.1 Å². The molecule has 0 N–H and O–H groups in total. The number of rotatable bonds is 4. The van der Waals surface area contributed by atoms with Crippen LogP contribution in [0.5, 0.6) is 11.8 Å². The van der Waals surface area contributed by atoms with E-state index in [4.69, 9.17) is 9.47 Å². The van der Waals surface area contributed by atoms with Gasteiger partial charge in [0, 0.05) is 18.6 Å². The maximum absolute atomic E-state index is 12.1. The number of nitrogens with zero attached hydrogens (tertiary/aromatic N) is 4. The molecule has 0 bridgehead atoms. The summed E-state index contributed by atoms with van der Waals surface area (Å²) in [6.07, 6.45) is 5.97. The minimum atomic E-state index is -1.22. The average Bonchev–Trinajstić information content (AvgIpc) is 3.30. The second kappa shape index (κ2) is 5.52. The van der Waals surface area contributed by atoms with Gasteiger partial charge in [-0.25, -0.2) is 15.0 Å². The number of aromatic nitrogens is 4. The van der Waals surface area contributed by atoms with Crippen molar-refractivity contribution in [1.82, 2.24) is 19.9 Å². The summed E-state index contributed by atoms with van der Waals surface area (Å²) in [6.45, 7) is 0.537. The van der Waals surface area contributed by atoms with Crippen LogP contribution >= 0.6 is 0 Å². The molecule has 0 spiro atoms. The van der Waals surface area contributed by atoms with Crippen LogP contribution < -0.4 is 9.47 Å². The molecule has 1 unspecified atom stereocenters. The Morgan fingerprint density at radius 3 is 2.83 bits per heavy atom. The molecule has 3 heterocycles. The smallest absolute Gasteiger partial charge is 0.227 e. The first-order valence-corrected chi connectivity index (χ1v) is 9.01. The summed E-state index contributed by atoms with van der Waals surface area (Å²) in [6, 6.07) is 0. The zero-order chi connectivity index (χ0) is 16.0. The molecule has 2 aliphatic rings. The van der Waals surface area contributed by atoms with Crippen molar-refractivity contribution in [2.24, 2.45) is 0 Å². The molecule has 120 valence electrons. The molecule has 1 aliphatic heterocycles. The maximum Gasteiger partial charge on any atom is 0.227 e. The normalized spacial score (nSPS) is 17.5. The van der Waals surface area contributed by atoms with Gasteiger partial charge in [-0.15, -0.1) is 0 Å². The molecule has 0 amide bonds. The Balaban J connectivity index is 1.95. The van der Waals surface area contributed by atoms with Crippen molar-refractivity contribution in [2.45, 2.75) is 30.2 Å². The van der Waals surface area contributed by atoms with E-state index in [9.17, 15) is 4.21 Å². The SMILES string of the molecule is COc1ncnc(C2CC2)c1-c1nc2c(c(S(C)=O)n1)CCO2. The van der Waals surface area contributed by atoms with Gasteiger partial charge in [-0.05, 0) is 12.8 Å². The zero-order valence-electron chi connectivity index (χ0n) is 12.9. The molecule has 8 heteroatoms. The summed E-state index contributed by atoms with van der Waals surface area (Å²) in [5.74, 6) is 1.76. The fraction of sp³-hybridized carbons (Fsp3) is 0.467. The molecule has 4 rings (SSSR count). The highest BCUT2D eigenvalue weighted by Crippen LogP contribution is 2.45. The minimum Gasteiger partial charge on any atom is -0.480 e. The van der Waals surface area contributed by atoms with Crippen LogP contribution in [0, 0.1) is 0 Å². The van der Waals surface area contributed by atoms with Gasteiger partial charge in [-0.2, -0.15) is 4.98 Å². The average molecular weight is 332 g/mol. The Bertz CT molecular complexity index is 808. The van der Waals surface area contributed by atoms with Crippen molar-refractivity contribution in [3.63, 3.8) is 0 Å². The molecule has 1 saturated carbocycles. The monoisotopic (exact) mass is 332 g/mol. The standard InChI is InChI=1S/C15H16N4O3S/c1-21-14-10(11(8-3-4-8)16-7-17-14)12-18-13-9(5-6-22-13)15(19-12)23(2)20/h7-8H,3-6H2,1-2H3. The Labute approximate surface area is 136 Å². The lowest BCUT2D eigenvalue weighted by Gasteiger charge is -2.12. The molecule has 1 atom stereocenters. The van der Waals surface area contributed by atoms with E-state index < -0.39 is 10.8 Å². The van der Waals surface area contributed by atoms with Gasteiger partial charge < -0.3 is 9.47 Å². The maximum atomic E-state index is 12.1. The van der Waals surface area contributed by atoms with E-state index in [0.717, 1.165) is 24.1 Å². The third-order valence-electron chi connectivity index (χ3n) is 4.02. The summed E-state index contributed by atoms with van der Waals surface area (Å²) in [5.41, 5.74) is 2.41. The Morgan fingerprint density at radius 1 is 1.30 bits per heavy atom. The highest BCUT2D eigenvalue weighted by molar-refractivity contribution is 7.84. The summed E-state index contributed by atoms with van der Waals surface area (Å²) >= 11 is 0. The fourth-order valence-corrected chi connectivity index (χ4v) is 3.54. The second-order valence-corrected chi connectivity index (χ2v) is 6.90. The van der Waals surface area contributed by atoms with Crippen molar-refractivity contribution in [3.8, 4) is 23.1 Å². The molecule has 2 aromatic rings. The molecule has 0 saturated heterocycles. The van der Waals surface area contributed by atoms with E-state index in [1.807, 2.05) is 0 Å². The lowest BCUT2D eigenvalue weighted by Crippen LogP contribution is -2.06. The highest BCUT2D eigenvalue weighted by Gasteiger charge is 2.33. The predicted octanol–water partition coefficient (Wildman–Crippen LogP) is 1.49. The summed E-state index contributed by atoms with van der Waals surface area (Å²) in [4.78, 5) is 17.6. The summed E-state index contributed by atoms with van der Waals surface area (Å²) in [7, 11) is 0.343. The van der Waals surface area contributed by atoms with Crippen LogP contribution in [0.15, 0.2) is 11.4 Å². The molecule has 0 aromatic carbocycles. The van der Waals surface area contributed by atoms with E-state index in [2.05, 4.69) is 19.9 Å². The summed E-state index contributed by atoms with van der Waals surface area (Å²) < 4.78 is 23.0. The lowest BCUT2D eigenvalue weighted by atomic mass is 10.1. The van der Waals surface area contributed by atoms with Crippen molar-refractivity contribution < 1.29 is 13.7 Å². The van der Waals surface area contributed by atoms with E-state index >= 15 is 0 Å². The topological polar surface area (TPSA) is 87.1 Å². The number of methoxy groups -OCH3 is 1. The van der Waals surface area contributed by atoms with Gasteiger partial charge in [0.2, 0.25) is 11.8 Å². The number of hydrogen-bond acceptors (Lipinski definition) is 7.